The summed E-state index contributed by atoms with van der Waals surface area (Å²) >= 11 is 1.09. The van der Waals surface area contributed by atoms with E-state index in [1.807, 2.05) is 6.92 Å². The van der Waals surface area contributed by atoms with E-state index in [4.69, 9.17) is 0 Å². The molecule has 0 bridgehead atoms. The molecule has 0 aliphatic rings. The number of nitrogens with one attached hydrogen (secondary N) is 2. The number of anilines is 1. The van der Waals surface area contributed by atoms with Crippen molar-refractivity contribution in [2.75, 3.05) is 11.9 Å². The predicted octanol–water partition coefficient (Wildman–Crippen LogP) is 3.25. The molecule has 0 aliphatic heterocycles. The summed E-state index contributed by atoms with van der Waals surface area (Å²) < 4.78 is 64.2. The van der Waals surface area contributed by atoms with Crippen molar-refractivity contribution < 1.29 is 26.4 Å². The van der Waals surface area contributed by atoms with Crippen LogP contribution in [-0.4, -0.2) is 20.9 Å². The number of aryl methyl sites for hydroxylation is 1. The van der Waals surface area contributed by atoms with Gasteiger partial charge >= 0.3 is 6.18 Å². The van der Waals surface area contributed by atoms with Crippen molar-refractivity contribution in [1.29, 1.82) is 0 Å². The third-order valence-corrected chi connectivity index (χ3v) is 6.27. The molecule has 2 rings (SSSR count). The minimum absolute atomic E-state index is 0.0663. The van der Waals surface area contributed by atoms with Crippen LogP contribution < -0.4 is 10.0 Å². The zero-order valence-electron chi connectivity index (χ0n) is 13.1. The van der Waals surface area contributed by atoms with Gasteiger partial charge in [0.2, 0.25) is 5.91 Å². The lowest BCUT2D eigenvalue weighted by atomic mass is 10.2. The highest BCUT2D eigenvalue weighted by Crippen LogP contribution is 2.30. The van der Waals surface area contributed by atoms with E-state index in [1.54, 1.807) is 6.07 Å². The number of rotatable bonds is 6. The molecule has 0 aliphatic carbocycles. The van der Waals surface area contributed by atoms with Crippen molar-refractivity contribution >= 4 is 33.0 Å². The molecule has 1 amide bonds. The zero-order chi connectivity index (χ0) is 18.7. The number of carbonyl (C=O) groups is 1. The fourth-order valence-electron chi connectivity index (χ4n) is 1.90. The molecule has 5 nitrogen and oxygen atoms in total. The number of amides is 1. The van der Waals surface area contributed by atoms with Crippen LogP contribution in [0.5, 0.6) is 0 Å². The number of hydrogen-bond donors (Lipinski definition) is 2. The molecule has 25 heavy (non-hydrogen) atoms. The van der Waals surface area contributed by atoms with Gasteiger partial charge in [0.1, 0.15) is 4.21 Å². The number of carbonyl (C=O) groups excluding carboxylic acids is 1. The van der Waals surface area contributed by atoms with E-state index in [0.717, 1.165) is 34.4 Å². The summed E-state index contributed by atoms with van der Waals surface area (Å²) in [5.41, 5.74) is -0.972. The van der Waals surface area contributed by atoms with E-state index in [-0.39, 0.29) is 9.90 Å². The quantitative estimate of drug-likeness (QED) is 0.793. The second-order valence-corrected chi connectivity index (χ2v) is 8.19. The molecule has 0 atom stereocenters. The predicted molar refractivity (Wildman–Crippen MR) is 89.0 cm³/mol. The first kappa shape index (κ1) is 19.4. The molecule has 0 saturated heterocycles. The Kier molecular flexibility index (Phi) is 5.86. The van der Waals surface area contributed by atoms with Gasteiger partial charge in [-0.05, 0) is 36.8 Å². The number of thiophene rings is 1. The van der Waals surface area contributed by atoms with Gasteiger partial charge in [0.05, 0.1) is 12.1 Å². The number of hydrogen-bond acceptors (Lipinski definition) is 4. The van der Waals surface area contributed by atoms with Crippen LogP contribution in [0.3, 0.4) is 0 Å². The summed E-state index contributed by atoms with van der Waals surface area (Å²) in [6.07, 6.45) is -3.84. The van der Waals surface area contributed by atoms with Crippen LogP contribution in [0.25, 0.3) is 0 Å². The molecule has 1 heterocycles. The lowest BCUT2D eigenvalue weighted by molar-refractivity contribution is -0.137. The van der Waals surface area contributed by atoms with Crippen molar-refractivity contribution in [2.45, 2.75) is 23.7 Å². The van der Waals surface area contributed by atoms with Gasteiger partial charge in [-0.25, -0.2) is 13.1 Å². The van der Waals surface area contributed by atoms with E-state index in [0.29, 0.717) is 6.42 Å². The molecule has 1 aromatic carbocycles. The van der Waals surface area contributed by atoms with E-state index in [9.17, 15) is 26.4 Å². The first-order chi connectivity index (χ1) is 11.6. The average Bonchev–Trinajstić information content (AvgIpc) is 3.02. The van der Waals surface area contributed by atoms with Crippen molar-refractivity contribution in [2.24, 2.45) is 0 Å². The minimum atomic E-state index is -4.53. The SMILES string of the molecule is CCc1ccc(S(=O)(=O)NCC(=O)Nc2cccc(C(F)(F)F)c2)s1. The zero-order valence-corrected chi connectivity index (χ0v) is 14.7. The minimum Gasteiger partial charge on any atom is -0.325 e. The molecule has 0 radical (unpaired) electrons. The molecule has 0 unspecified atom stereocenters. The van der Waals surface area contributed by atoms with Crippen LogP contribution in [0.2, 0.25) is 0 Å². The van der Waals surface area contributed by atoms with Crippen LogP contribution >= 0.6 is 11.3 Å². The fourth-order valence-corrected chi connectivity index (χ4v) is 4.23. The van der Waals surface area contributed by atoms with Gasteiger partial charge in [-0.15, -0.1) is 11.3 Å². The first-order valence-corrected chi connectivity index (χ1v) is 9.47. The summed E-state index contributed by atoms with van der Waals surface area (Å²) in [6, 6.07) is 7.22. The van der Waals surface area contributed by atoms with Crippen molar-refractivity contribution in [3.63, 3.8) is 0 Å². The van der Waals surface area contributed by atoms with E-state index < -0.39 is 34.2 Å². The largest absolute Gasteiger partial charge is 0.416 e. The summed E-state index contributed by atoms with van der Waals surface area (Å²) in [4.78, 5) is 12.7. The normalized spacial score (nSPS) is 12.2. The average molecular weight is 392 g/mol. The summed E-state index contributed by atoms with van der Waals surface area (Å²) in [6.45, 7) is 1.30. The fraction of sp³-hybridized carbons (Fsp3) is 0.267. The van der Waals surface area contributed by atoms with Gasteiger partial charge in [-0.1, -0.05) is 13.0 Å². The molecular formula is C15H15F3N2O3S2. The van der Waals surface area contributed by atoms with Gasteiger partial charge in [0, 0.05) is 10.6 Å². The standard InChI is InChI=1S/C15H15F3N2O3S2/c1-2-12-6-7-14(24-12)25(22,23)19-9-13(21)20-11-5-3-4-10(8-11)15(16,17)18/h3-8,19H,2,9H2,1H3,(H,20,21). The molecule has 0 spiro atoms. The number of benzene rings is 1. The maximum atomic E-state index is 12.6. The Morgan fingerprint density at radius 3 is 2.52 bits per heavy atom. The summed E-state index contributed by atoms with van der Waals surface area (Å²) in [5.74, 6) is -0.768. The second-order valence-electron chi connectivity index (χ2n) is 5.03. The third-order valence-electron chi connectivity index (χ3n) is 3.15. The Morgan fingerprint density at radius 1 is 1.20 bits per heavy atom. The first-order valence-electron chi connectivity index (χ1n) is 7.17. The van der Waals surface area contributed by atoms with Crippen LogP contribution in [0.1, 0.15) is 17.4 Å². The van der Waals surface area contributed by atoms with Gasteiger partial charge in [0.15, 0.2) is 0 Å². The number of alkyl halides is 3. The Morgan fingerprint density at radius 2 is 1.92 bits per heavy atom. The van der Waals surface area contributed by atoms with Gasteiger partial charge < -0.3 is 5.32 Å². The highest BCUT2D eigenvalue weighted by Gasteiger charge is 2.30. The maximum Gasteiger partial charge on any atom is 0.416 e. The lowest BCUT2D eigenvalue weighted by Crippen LogP contribution is -2.32. The Bertz CT molecular complexity index is 861. The highest BCUT2D eigenvalue weighted by atomic mass is 32.2. The van der Waals surface area contributed by atoms with Crippen LogP contribution in [0, 0.1) is 0 Å². The van der Waals surface area contributed by atoms with E-state index in [2.05, 4.69) is 10.0 Å². The maximum absolute atomic E-state index is 12.6. The van der Waals surface area contributed by atoms with Crippen molar-refractivity contribution in [1.82, 2.24) is 4.72 Å². The molecular weight excluding hydrogens is 377 g/mol. The molecule has 2 N–H and O–H groups in total. The molecule has 2 aromatic rings. The monoisotopic (exact) mass is 392 g/mol. The molecule has 0 fully saturated rings. The summed E-state index contributed by atoms with van der Waals surface area (Å²) in [7, 11) is -3.84. The molecule has 10 heteroatoms. The van der Waals surface area contributed by atoms with Crippen LogP contribution in [-0.2, 0) is 27.4 Å². The molecule has 1 aromatic heterocycles. The van der Waals surface area contributed by atoms with Crippen LogP contribution in [0.15, 0.2) is 40.6 Å². The van der Waals surface area contributed by atoms with Crippen molar-refractivity contribution in [3.8, 4) is 0 Å². The van der Waals surface area contributed by atoms with Gasteiger partial charge in [0.25, 0.3) is 10.0 Å². The topological polar surface area (TPSA) is 75.3 Å². The van der Waals surface area contributed by atoms with E-state index >= 15 is 0 Å². The molecule has 136 valence electrons. The van der Waals surface area contributed by atoms with Crippen molar-refractivity contribution in [3.05, 3.63) is 46.8 Å². The number of sulfonamides is 1. The second kappa shape index (κ2) is 7.54. The van der Waals surface area contributed by atoms with Gasteiger partial charge in [-0.2, -0.15) is 13.2 Å². The lowest BCUT2D eigenvalue weighted by Gasteiger charge is -2.10. The van der Waals surface area contributed by atoms with Gasteiger partial charge in [-0.3, -0.25) is 4.79 Å². The van der Waals surface area contributed by atoms with E-state index in [1.165, 1.54) is 12.1 Å². The number of halogens is 3. The Hall–Kier alpha value is -1.91. The van der Waals surface area contributed by atoms with Crippen LogP contribution in [0.4, 0.5) is 18.9 Å². The Balaban J connectivity index is 1.99. The third kappa shape index (κ3) is 5.28. The Labute approximate surface area is 146 Å². The smallest absolute Gasteiger partial charge is 0.325 e. The molecule has 0 saturated carbocycles. The summed E-state index contributed by atoms with van der Waals surface area (Å²) in [5, 5.41) is 2.23. The highest BCUT2D eigenvalue weighted by molar-refractivity contribution is 7.91.